The maximum atomic E-state index is 11.8. The van der Waals surface area contributed by atoms with Gasteiger partial charge in [-0.2, -0.15) is 4.58 Å². The fourth-order valence-corrected chi connectivity index (χ4v) is 13.1. The van der Waals surface area contributed by atoms with E-state index in [1.54, 1.807) is 12.1 Å². The third-order valence-electron chi connectivity index (χ3n) is 17.6. The van der Waals surface area contributed by atoms with Crippen LogP contribution in [0.5, 0.6) is 0 Å². The molecule has 2 aliphatic heterocycles. The molecule has 4 aromatic rings. The van der Waals surface area contributed by atoms with Gasteiger partial charge in [0, 0.05) is 47.5 Å². The van der Waals surface area contributed by atoms with Gasteiger partial charge in [-0.25, -0.2) is 8.42 Å². The lowest BCUT2D eigenvalue weighted by molar-refractivity contribution is -0.438. The minimum atomic E-state index is -4.52. The van der Waals surface area contributed by atoms with E-state index in [4.69, 9.17) is 0 Å². The van der Waals surface area contributed by atoms with E-state index in [1.165, 1.54) is 256 Å². The van der Waals surface area contributed by atoms with Crippen molar-refractivity contribution < 1.29 is 17.5 Å². The number of fused-ring (bicyclic) bond motifs is 2. The summed E-state index contributed by atoms with van der Waals surface area (Å²) >= 11 is 0. The molecular formula is C73H106N2O3S. The van der Waals surface area contributed by atoms with Crippen molar-refractivity contribution in [2.24, 2.45) is 0 Å². The average molecular weight is 1090 g/mol. The number of hydrogen-bond donors (Lipinski definition) is 0. The lowest BCUT2D eigenvalue weighted by atomic mass is 9.81. The molecule has 0 fully saturated rings. The molecule has 5 nitrogen and oxygen atoms in total. The maximum absolute atomic E-state index is 11.8. The maximum Gasteiger partial charge on any atom is 0.210 e. The Hall–Kier alpha value is -4.52. The van der Waals surface area contributed by atoms with E-state index in [0.717, 1.165) is 30.6 Å². The second-order valence-electron chi connectivity index (χ2n) is 24.6. The van der Waals surface area contributed by atoms with Crippen LogP contribution in [-0.4, -0.2) is 36.3 Å². The van der Waals surface area contributed by atoms with Gasteiger partial charge in [-0.1, -0.05) is 299 Å². The molecule has 2 heterocycles. The van der Waals surface area contributed by atoms with Gasteiger partial charge in [0.05, 0.1) is 10.3 Å². The highest BCUT2D eigenvalue weighted by Crippen LogP contribution is 2.49. The summed E-state index contributed by atoms with van der Waals surface area (Å²) in [6, 6.07) is 31.0. The van der Waals surface area contributed by atoms with E-state index in [0.29, 0.717) is 0 Å². The standard InChI is InChI=1S/C73H106N2O3S/c1-7-9-11-13-15-17-19-21-22-23-24-25-26-27-28-30-32-34-36-44-58-75-69-60-64(62-49-53-65(54-50-62)79(76,77)78)52-56-67(69)73(5,6)71(75)48-42-38-41-47-70-72(3,4)66-55-51-63(61-45-39-37-40-46-61)59-68(66)74(70)57-43-35-33-31-29-20-18-16-14-12-10-8-2/h37-42,45-56,59-60H,7-36,43-44,57-58H2,1-6H3. The molecule has 6 rings (SSSR count). The van der Waals surface area contributed by atoms with Crippen LogP contribution in [0.3, 0.4) is 0 Å². The van der Waals surface area contributed by atoms with Gasteiger partial charge >= 0.3 is 0 Å². The molecule has 0 saturated heterocycles. The van der Waals surface area contributed by atoms with Crippen LogP contribution in [0, 0.1) is 0 Å². The zero-order chi connectivity index (χ0) is 56.2. The van der Waals surface area contributed by atoms with Gasteiger partial charge in [-0.05, 0) is 78.8 Å². The topological polar surface area (TPSA) is 63.5 Å². The Morgan fingerprint density at radius 2 is 0.886 bits per heavy atom. The van der Waals surface area contributed by atoms with Gasteiger partial charge in [-0.15, -0.1) is 0 Å². The molecule has 0 atom stereocenters. The van der Waals surface area contributed by atoms with Crippen LogP contribution >= 0.6 is 0 Å². The highest BCUT2D eigenvalue weighted by atomic mass is 32.2. The molecule has 4 aromatic carbocycles. The summed E-state index contributed by atoms with van der Waals surface area (Å²) in [6.45, 7) is 16.0. The fraction of sp³-hybridized carbons (Fsp3) is 0.575. The Balaban J connectivity index is 1.09. The van der Waals surface area contributed by atoms with Gasteiger partial charge in [0.2, 0.25) is 5.69 Å². The normalized spacial score (nSPS) is 15.4. The highest BCUT2D eigenvalue weighted by molar-refractivity contribution is 7.85. The first kappa shape index (κ1) is 63.7. The summed E-state index contributed by atoms with van der Waals surface area (Å²) in [7, 11) is -4.52. The van der Waals surface area contributed by atoms with Gasteiger partial charge in [0.25, 0.3) is 0 Å². The van der Waals surface area contributed by atoms with Crippen LogP contribution in [0.2, 0.25) is 0 Å². The number of anilines is 1. The number of unbranched alkanes of at least 4 members (excludes halogenated alkanes) is 30. The van der Waals surface area contributed by atoms with Crippen LogP contribution in [-0.2, 0) is 20.9 Å². The predicted molar refractivity (Wildman–Crippen MR) is 340 cm³/mol. The third-order valence-corrected chi connectivity index (χ3v) is 18.4. The highest BCUT2D eigenvalue weighted by Gasteiger charge is 2.44. The van der Waals surface area contributed by atoms with Gasteiger partial charge in [0.15, 0.2) is 5.71 Å². The van der Waals surface area contributed by atoms with E-state index in [1.807, 2.05) is 0 Å². The van der Waals surface area contributed by atoms with Gasteiger partial charge in [0.1, 0.15) is 16.7 Å². The van der Waals surface area contributed by atoms with E-state index >= 15 is 0 Å². The first-order valence-electron chi connectivity index (χ1n) is 32.3. The minimum absolute atomic E-state index is 0.135. The zero-order valence-corrected chi connectivity index (χ0v) is 51.4. The Morgan fingerprint density at radius 1 is 0.456 bits per heavy atom. The molecule has 6 heteroatoms. The second kappa shape index (κ2) is 34.0. The number of benzene rings is 4. The Bertz CT molecular complexity index is 2640. The molecule has 0 unspecified atom stereocenters. The largest absolute Gasteiger partial charge is 0.744 e. The summed E-state index contributed by atoms with van der Waals surface area (Å²) in [5.74, 6) is 0. The van der Waals surface area contributed by atoms with E-state index in [2.05, 4.69) is 148 Å². The quantitative estimate of drug-likeness (QED) is 0.0193. The monoisotopic (exact) mass is 1090 g/mol. The lowest BCUT2D eigenvalue weighted by Gasteiger charge is -2.27. The van der Waals surface area contributed by atoms with Crippen molar-refractivity contribution in [3.63, 3.8) is 0 Å². The molecule has 0 amide bonds. The van der Waals surface area contributed by atoms with Crippen LogP contribution in [0.1, 0.15) is 258 Å². The molecule has 79 heavy (non-hydrogen) atoms. The molecule has 0 N–H and O–H groups in total. The minimum Gasteiger partial charge on any atom is -0.744 e. The Kier molecular flexibility index (Phi) is 27.4. The van der Waals surface area contributed by atoms with Crippen molar-refractivity contribution in [2.75, 3.05) is 18.0 Å². The molecular weight excluding hydrogens is 985 g/mol. The number of hydrogen-bond acceptors (Lipinski definition) is 4. The lowest BCUT2D eigenvalue weighted by Crippen LogP contribution is -2.27. The summed E-state index contributed by atoms with van der Waals surface area (Å²) < 4.78 is 37.9. The molecule has 0 spiro atoms. The molecule has 432 valence electrons. The zero-order valence-electron chi connectivity index (χ0n) is 50.6. The van der Waals surface area contributed by atoms with Crippen LogP contribution in [0.15, 0.2) is 132 Å². The SMILES string of the molecule is CCCCCCCCCCCCCCCCCCCCCCN1/C(=C/C=C/C=C/C2=[N+](CCCCCCCCCCCCCC)c3cc(-c4ccccc4)ccc3C2(C)C)C(C)(C)c2ccc(-c3ccc(S(=O)(=O)[O-])cc3)cc21. The van der Waals surface area contributed by atoms with E-state index in [-0.39, 0.29) is 15.7 Å². The summed E-state index contributed by atoms with van der Waals surface area (Å²) in [5.41, 5.74) is 12.0. The van der Waals surface area contributed by atoms with Crippen molar-refractivity contribution in [2.45, 2.75) is 263 Å². The smallest absolute Gasteiger partial charge is 0.210 e. The van der Waals surface area contributed by atoms with Crippen LogP contribution in [0.25, 0.3) is 22.3 Å². The van der Waals surface area contributed by atoms with Crippen molar-refractivity contribution in [1.82, 2.24) is 0 Å². The average Bonchev–Trinajstić information content (AvgIpc) is 4.07. The van der Waals surface area contributed by atoms with Crippen molar-refractivity contribution >= 4 is 27.2 Å². The second-order valence-corrected chi connectivity index (χ2v) is 26.0. The molecule has 0 radical (unpaired) electrons. The third kappa shape index (κ3) is 19.9. The predicted octanol–water partition coefficient (Wildman–Crippen LogP) is 21.6. The van der Waals surface area contributed by atoms with Gasteiger partial charge in [-0.3, -0.25) is 0 Å². The molecule has 0 bridgehead atoms. The first-order valence-corrected chi connectivity index (χ1v) is 33.7. The Labute approximate surface area is 483 Å². The number of rotatable bonds is 40. The summed E-state index contributed by atoms with van der Waals surface area (Å²) in [6.07, 6.45) is 55.0. The van der Waals surface area contributed by atoms with Gasteiger partial charge < -0.3 is 9.45 Å². The summed E-state index contributed by atoms with van der Waals surface area (Å²) in [5, 5.41) is 0. The number of allylic oxidation sites excluding steroid dienone is 6. The molecule has 0 aliphatic carbocycles. The fourth-order valence-electron chi connectivity index (χ4n) is 12.7. The van der Waals surface area contributed by atoms with Crippen LogP contribution < -0.4 is 4.90 Å². The molecule has 2 aliphatic rings. The van der Waals surface area contributed by atoms with Crippen molar-refractivity contribution in [1.29, 1.82) is 0 Å². The first-order chi connectivity index (χ1) is 38.4. The van der Waals surface area contributed by atoms with Crippen molar-refractivity contribution in [3.8, 4) is 22.3 Å². The molecule has 0 aromatic heterocycles. The van der Waals surface area contributed by atoms with Crippen molar-refractivity contribution in [3.05, 3.63) is 138 Å². The summed E-state index contributed by atoms with van der Waals surface area (Å²) in [4.78, 5) is 2.35. The Morgan fingerprint density at radius 3 is 1.38 bits per heavy atom. The number of nitrogens with zero attached hydrogens (tertiary/aromatic N) is 2. The molecule has 0 saturated carbocycles. The van der Waals surface area contributed by atoms with E-state index < -0.39 is 10.1 Å². The van der Waals surface area contributed by atoms with E-state index in [9.17, 15) is 13.0 Å². The van der Waals surface area contributed by atoms with Crippen LogP contribution in [0.4, 0.5) is 11.4 Å².